The van der Waals surface area contributed by atoms with Gasteiger partial charge in [0.25, 0.3) is 5.91 Å². The average Bonchev–Trinajstić information content (AvgIpc) is 2.34. The van der Waals surface area contributed by atoms with E-state index in [-0.39, 0.29) is 12.5 Å². The molecule has 1 rings (SSSR count). The van der Waals surface area contributed by atoms with Crippen molar-refractivity contribution in [2.45, 2.75) is 6.42 Å². The van der Waals surface area contributed by atoms with Gasteiger partial charge in [-0.15, -0.1) is 0 Å². The Morgan fingerprint density at radius 2 is 2.29 bits per heavy atom. The van der Waals surface area contributed by atoms with Crippen molar-refractivity contribution in [1.29, 1.82) is 0 Å². The highest BCUT2D eigenvalue weighted by atomic mass is 35.5. The largest absolute Gasteiger partial charge is 0.396 e. The second-order valence-electron chi connectivity index (χ2n) is 3.32. The number of carbonyl (C=O) groups is 1. The molecule has 2 N–H and O–H groups in total. The third-order valence-corrected chi connectivity index (χ3v) is 3.26. The second kappa shape index (κ2) is 8.33. The topological polar surface area (TPSA) is 62.2 Å². The Kier molecular flexibility index (Phi) is 7.00. The first-order valence-corrected chi connectivity index (χ1v) is 6.85. The number of rotatable bonds is 7. The molecule has 0 saturated heterocycles. The van der Waals surface area contributed by atoms with Crippen molar-refractivity contribution in [2.24, 2.45) is 0 Å². The molecule has 0 aliphatic heterocycles. The number of thioether (sulfide) groups is 1. The molecule has 1 amide bonds. The van der Waals surface area contributed by atoms with E-state index in [2.05, 4.69) is 10.3 Å². The van der Waals surface area contributed by atoms with Crippen molar-refractivity contribution in [3.63, 3.8) is 0 Å². The summed E-state index contributed by atoms with van der Waals surface area (Å²) in [7, 11) is 0. The van der Waals surface area contributed by atoms with E-state index < -0.39 is 0 Å². The number of hydrogen-bond acceptors (Lipinski definition) is 4. The lowest BCUT2D eigenvalue weighted by atomic mass is 10.3. The van der Waals surface area contributed by atoms with Crippen molar-refractivity contribution in [1.82, 2.24) is 10.3 Å². The van der Waals surface area contributed by atoms with Gasteiger partial charge in [-0.1, -0.05) is 11.6 Å². The molecule has 1 aromatic rings. The van der Waals surface area contributed by atoms with Crippen LogP contribution in [-0.4, -0.2) is 40.7 Å². The maximum Gasteiger partial charge on any atom is 0.252 e. The minimum atomic E-state index is -0.142. The van der Waals surface area contributed by atoms with E-state index in [0.29, 0.717) is 17.3 Å². The van der Waals surface area contributed by atoms with Gasteiger partial charge < -0.3 is 10.4 Å². The first kappa shape index (κ1) is 14.3. The van der Waals surface area contributed by atoms with Gasteiger partial charge in [0.1, 0.15) is 5.15 Å². The van der Waals surface area contributed by atoms with Gasteiger partial charge >= 0.3 is 0 Å². The summed E-state index contributed by atoms with van der Waals surface area (Å²) in [6.45, 7) is 0.827. The normalized spacial score (nSPS) is 10.2. The Labute approximate surface area is 110 Å². The van der Waals surface area contributed by atoms with Crippen molar-refractivity contribution >= 4 is 29.3 Å². The van der Waals surface area contributed by atoms with E-state index >= 15 is 0 Å². The predicted octanol–water partition coefficient (Wildman–Crippen LogP) is 1.58. The van der Waals surface area contributed by atoms with Crippen molar-refractivity contribution in [2.75, 3.05) is 24.7 Å². The van der Waals surface area contributed by atoms with Crippen molar-refractivity contribution in [3.05, 3.63) is 29.0 Å². The number of amides is 1. The molecule has 0 saturated carbocycles. The highest BCUT2D eigenvalue weighted by molar-refractivity contribution is 7.99. The number of pyridine rings is 1. The number of aliphatic hydroxyl groups is 1. The van der Waals surface area contributed by atoms with Crippen LogP contribution in [0.5, 0.6) is 0 Å². The minimum Gasteiger partial charge on any atom is -0.396 e. The summed E-state index contributed by atoms with van der Waals surface area (Å²) in [6.07, 6.45) is 2.25. The number of nitrogens with zero attached hydrogens (tertiary/aromatic N) is 1. The predicted molar refractivity (Wildman–Crippen MR) is 70.6 cm³/mol. The Bertz CT molecular complexity index is 346. The zero-order valence-corrected chi connectivity index (χ0v) is 10.9. The van der Waals surface area contributed by atoms with Gasteiger partial charge in [0.05, 0.1) is 5.56 Å². The van der Waals surface area contributed by atoms with Crippen LogP contribution in [0, 0.1) is 0 Å². The first-order chi connectivity index (χ1) is 8.24. The summed E-state index contributed by atoms with van der Waals surface area (Å²) in [4.78, 5) is 15.4. The van der Waals surface area contributed by atoms with Crippen molar-refractivity contribution in [3.8, 4) is 0 Å². The summed E-state index contributed by atoms with van der Waals surface area (Å²) in [5.74, 6) is 1.61. The monoisotopic (exact) mass is 274 g/mol. The van der Waals surface area contributed by atoms with E-state index in [0.717, 1.165) is 17.9 Å². The number of carbonyl (C=O) groups excluding carboxylic acids is 1. The number of aliphatic hydroxyl groups excluding tert-OH is 1. The molecular weight excluding hydrogens is 260 g/mol. The number of hydrogen-bond donors (Lipinski definition) is 2. The van der Waals surface area contributed by atoms with E-state index in [1.807, 2.05) is 0 Å². The fourth-order valence-corrected chi connectivity index (χ4v) is 2.01. The van der Waals surface area contributed by atoms with Crippen LogP contribution < -0.4 is 5.32 Å². The molecule has 0 aliphatic carbocycles. The van der Waals surface area contributed by atoms with Gasteiger partial charge in [0.2, 0.25) is 0 Å². The summed E-state index contributed by atoms with van der Waals surface area (Å²) in [6, 6.07) is 3.23. The fourth-order valence-electron chi connectivity index (χ4n) is 1.12. The number of halogens is 1. The van der Waals surface area contributed by atoms with E-state index in [9.17, 15) is 4.79 Å². The van der Waals surface area contributed by atoms with E-state index in [4.69, 9.17) is 16.7 Å². The molecule has 17 heavy (non-hydrogen) atoms. The van der Waals surface area contributed by atoms with Gasteiger partial charge in [-0.3, -0.25) is 4.79 Å². The fraction of sp³-hybridized carbons (Fsp3) is 0.455. The highest BCUT2D eigenvalue weighted by Gasteiger charge is 2.04. The van der Waals surface area contributed by atoms with Gasteiger partial charge in [-0.2, -0.15) is 11.8 Å². The van der Waals surface area contributed by atoms with Crippen LogP contribution in [0.3, 0.4) is 0 Å². The van der Waals surface area contributed by atoms with Crippen LogP contribution in [0.4, 0.5) is 0 Å². The molecule has 6 heteroatoms. The molecule has 0 radical (unpaired) electrons. The molecule has 0 bridgehead atoms. The molecule has 94 valence electrons. The highest BCUT2D eigenvalue weighted by Crippen LogP contribution is 2.05. The van der Waals surface area contributed by atoms with Gasteiger partial charge in [-0.05, 0) is 24.3 Å². The Morgan fingerprint density at radius 1 is 1.47 bits per heavy atom. The molecule has 0 aliphatic rings. The molecule has 1 heterocycles. The Hall–Kier alpha value is -0.780. The first-order valence-electron chi connectivity index (χ1n) is 5.32. The molecule has 0 unspecified atom stereocenters. The summed E-state index contributed by atoms with van der Waals surface area (Å²) < 4.78 is 0. The molecular formula is C11H15ClN2O2S. The van der Waals surface area contributed by atoms with Crippen LogP contribution >= 0.6 is 23.4 Å². The number of nitrogens with one attached hydrogen (secondary N) is 1. The average molecular weight is 275 g/mol. The van der Waals surface area contributed by atoms with Gasteiger partial charge in [0, 0.05) is 25.1 Å². The zero-order valence-electron chi connectivity index (χ0n) is 9.36. The van der Waals surface area contributed by atoms with Gasteiger partial charge in [-0.25, -0.2) is 4.98 Å². The summed E-state index contributed by atoms with van der Waals surface area (Å²) in [5.41, 5.74) is 0.509. The van der Waals surface area contributed by atoms with Gasteiger partial charge in [0.15, 0.2) is 0 Å². The zero-order chi connectivity index (χ0) is 12.5. The van der Waals surface area contributed by atoms with Crippen LogP contribution in [0.2, 0.25) is 5.15 Å². The maximum atomic E-state index is 11.6. The molecule has 0 aromatic carbocycles. The van der Waals surface area contributed by atoms with Crippen LogP contribution in [0.15, 0.2) is 18.3 Å². The van der Waals surface area contributed by atoms with Crippen LogP contribution in [-0.2, 0) is 0 Å². The van der Waals surface area contributed by atoms with Crippen LogP contribution in [0.1, 0.15) is 16.8 Å². The summed E-state index contributed by atoms with van der Waals surface area (Å²) >= 11 is 7.33. The molecule has 1 aromatic heterocycles. The lowest BCUT2D eigenvalue weighted by Crippen LogP contribution is -2.25. The van der Waals surface area contributed by atoms with E-state index in [1.165, 1.54) is 6.20 Å². The van der Waals surface area contributed by atoms with Crippen molar-refractivity contribution < 1.29 is 9.90 Å². The quantitative estimate of drug-likeness (QED) is 0.585. The molecule has 0 spiro atoms. The second-order valence-corrected chi connectivity index (χ2v) is 4.93. The minimum absolute atomic E-state index is 0.142. The van der Waals surface area contributed by atoms with E-state index in [1.54, 1.807) is 23.9 Å². The number of aromatic nitrogens is 1. The Morgan fingerprint density at radius 3 is 2.94 bits per heavy atom. The SMILES string of the molecule is O=C(NCCSCCCO)c1ccc(Cl)nc1. The molecule has 0 fully saturated rings. The maximum absolute atomic E-state index is 11.6. The van der Waals surface area contributed by atoms with Crippen LogP contribution in [0.25, 0.3) is 0 Å². The lowest BCUT2D eigenvalue weighted by molar-refractivity contribution is 0.0956. The third kappa shape index (κ3) is 5.91. The lowest BCUT2D eigenvalue weighted by Gasteiger charge is -2.04. The smallest absolute Gasteiger partial charge is 0.252 e. The molecule has 0 atom stereocenters. The third-order valence-electron chi connectivity index (χ3n) is 1.97. The molecule has 4 nitrogen and oxygen atoms in total. The summed E-state index contributed by atoms with van der Waals surface area (Å²) in [5, 5.41) is 11.7. The Balaban J connectivity index is 2.19. The standard InChI is InChI=1S/C11H15ClN2O2S/c12-10-3-2-9(8-14-10)11(16)13-4-7-17-6-1-5-15/h2-3,8,15H,1,4-7H2,(H,13,16).